The molecule has 0 bridgehead atoms. The van der Waals surface area contributed by atoms with Crippen LogP contribution in [-0.2, 0) is 6.42 Å². The van der Waals surface area contributed by atoms with Gasteiger partial charge in [0.15, 0.2) is 5.65 Å². The summed E-state index contributed by atoms with van der Waals surface area (Å²) in [6.45, 7) is 2.23. The van der Waals surface area contributed by atoms with Crippen molar-refractivity contribution >= 4 is 29.1 Å². The summed E-state index contributed by atoms with van der Waals surface area (Å²) in [6.07, 6.45) is 3.27. The Hall–Kier alpha value is -3.45. The monoisotopic (exact) mass is 437 g/mol. The van der Waals surface area contributed by atoms with Crippen molar-refractivity contribution < 1.29 is 9.18 Å². The number of halogens is 2. The molecule has 2 aromatic heterocycles. The molecule has 1 amide bonds. The number of benzene rings is 2. The number of hydrogen-bond donors (Lipinski definition) is 2. The minimum absolute atomic E-state index is 0.139. The van der Waals surface area contributed by atoms with Crippen molar-refractivity contribution in [1.29, 1.82) is 0 Å². The Morgan fingerprint density at radius 2 is 1.97 bits per heavy atom. The van der Waals surface area contributed by atoms with Crippen molar-refractivity contribution in [2.24, 2.45) is 0 Å². The van der Waals surface area contributed by atoms with Crippen molar-refractivity contribution in [3.63, 3.8) is 0 Å². The van der Waals surface area contributed by atoms with Gasteiger partial charge in [0, 0.05) is 28.9 Å². The predicted molar refractivity (Wildman–Crippen MR) is 120 cm³/mol. The van der Waals surface area contributed by atoms with Gasteiger partial charge in [0.2, 0.25) is 5.95 Å². The Bertz CT molecular complexity index is 1250. The van der Waals surface area contributed by atoms with E-state index in [1.165, 1.54) is 10.6 Å². The number of aromatic nitrogens is 3. The van der Waals surface area contributed by atoms with Crippen LogP contribution in [0.3, 0.4) is 0 Å². The molecule has 4 rings (SSSR count). The van der Waals surface area contributed by atoms with Crippen LogP contribution in [0.25, 0.3) is 16.8 Å². The van der Waals surface area contributed by atoms with Crippen molar-refractivity contribution in [3.05, 3.63) is 82.3 Å². The number of nitrogens with one attached hydrogen (secondary N) is 1. The Kier molecular flexibility index (Phi) is 5.86. The molecule has 4 aromatic rings. The number of amides is 1. The van der Waals surface area contributed by atoms with Gasteiger partial charge < -0.3 is 11.1 Å². The highest BCUT2D eigenvalue weighted by atomic mass is 35.5. The summed E-state index contributed by atoms with van der Waals surface area (Å²) in [4.78, 5) is 16.8. The third-order valence-corrected chi connectivity index (χ3v) is 5.32. The van der Waals surface area contributed by atoms with E-state index in [4.69, 9.17) is 17.3 Å². The maximum atomic E-state index is 14.7. The first-order valence-corrected chi connectivity index (χ1v) is 10.2. The zero-order valence-corrected chi connectivity index (χ0v) is 17.7. The molecule has 0 atom stereocenters. The molecule has 0 radical (unpaired) electrons. The molecule has 0 saturated heterocycles. The van der Waals surface area contributed by atoms with Gasteiger partial charge in [-0.2, -0.15) is 4.98 Å². The fourth-order valence-corrected chi connectivity index (χ4v) is 3.57. The predicted octanol–water partition coefficient (Wildman–Crippen LogP) is 4.44. The lowest BCUT2D eigenvalue weighted by Crippen LogP contribution is -2.25. The molecule has 31 heavy (non-hydrogen) atoms. The van der Waals surface area contributed by atoms with E-state index in [2.05, 4.69) is 15.4 Å². The first-order valence-electron chi connectivity index (χ1n) is 9.86. The van der Waals surface area contributed by atoms with Gasteiger partial charge in [0.25, 0.3) is 5.91 Å². The number of rotatable bonds is 6. The minimum Gasteiger partial charge on any atom is -0.366 e. The Balaban J connectivity index is 1.48. The SMILES string of the molecule is Cc1cc(F)c(-c2ccn3nc(N)nc3c2)cc1C(=O)NCCCc1ccc(Cl)cc1. The summed E-state index contributed by atoms with van der Waals surface area (Å²) in [7, 11) is 0. The molecule has 3 N–H and O–H groups in total. The zero-order chi connectivity index (χ0) is 22.0. The number of hydrogen-bond acceptors (Lipinski definition) is 4. The smallest absolute Gasteiger partial charge is 0.251 e. The standard InChI is InChI=1S/C23H21ClFN5O/c1-14-11-20(25)19(16-8-10-30-21(12-16)28-23(26)29-30)13-18(14)22(31)27-9-2-3-15-4-6-17(24)7-5-15/h4-8,10-13H,2-3,9H2,1H3,(H2,26,29)(H,27,31). The summed E-state index contributed by atoms with van der Waals surface area (Å²) in [6, 6.07) is 14.0. The highest BCUT2D eigenvalue weighted by Gasteiger charge is 2.15. The van der Waals surface area contributed by atoms with Gasteiger partial charge in [-0.05, 0) is 72.9 Å². The maximum Gasteiger partial charge on any atom is 0.251 e. The molecule has 2 aromatic carbocycles. The lowest BCUT2D eigenvalue weighted by Gasteiger charge is -2.11. The van der Waals surface area contributed by atoms with Crippen molar-refractivity contribution in [2.75, 3.05) is 12.3 Å². The first-order chi connectivity index (χ1) is 14.9. The Morgan fingerprint density at radius 1 is 1.19 bits per heavy atom. The van der Waals surface area contributed by atoms with E-state index < -0.39 is 5.82 Å². The number of nitrogens with zero attached hydrogens (tertiary/aromatic N) is 3. The molecular formula is C23H21ClFN5O. The molecule has 0 fully saturated rings. The summed E-state index contributed by atoms with van der Waals surface area (Å²) in [5, 5.41) is 7.64. The van der Waals surface area contributed by atoms with Crippen LogP contribution in [-0.4, -0.2) is 27.0 Å². The largest absolute Gasteiger partial charge is 0.366 e. The van der Waals surface area contributed by atoms with Gasteiger partial charge >= 0.3 is 0 Å². The van der Waals surface area contributed by atoms with E-state index in [0.717, 1.165) is 18.4 Å². The number of carbonyl (C=O) groups is 1. The fraction of sp³-hybridized carbons (Fsp3) is 0.174. The molecule has 0 spiro atoms. The van der Waals surface area contributed by atoms with Crippen LogP contribution >= 0.6 is 11.6 Å². The van der Waals surface area contributed by atoms with E-state index in [1.54, 1.807) is 31.3 Å². The van der Waals surface area contributed by atoms with Crippen molar-refractivity contribution in [2.45, 2.75) is 19.8 Å². The van der Waals surface area contributed by atoms with Gasteiger partial charge in [-0.25, -0.2) is 8.91 Å². The molecule has 158 valence electrons. The van der Waals surface area contributed by atoms with Gasteiger partial charge in [0.1, 0.15) is 5.82 Å². The molecule has 0 aliphatic heterocycles. The minimum atomic E-state index is -0.409. The number of anilines is 1. The van der Waals surface area contributed by atoms with Gasteiger partial charge in [-0.3, -0.25) is 4.79 Å². The van der Waals surface area contributed by atoms with E-state index in [-0.39, 0.29) is 11.9 Å². The van der Waals surface area contributed by atoms with Crippen LogP contribution in [0.15, 0.2) is 54.7 Å². The second-order valence-electron chi connectivity index (χ2n) is 7.32. The normalized spacial score (nSPS) is 11.1. The maximum absolute atomic E-state index is 14.7. The molecular weight excluding hydrogens is 417 g/mol. The highest BCUT2D eigenvalue weighted by molar-refractivity contribution is 6.30. The third kappa shape index (κ3) is 4.67. The quantitative estimate of drug-likeness (QED) is 0.436. The van der Waals surface area contributed by atoms with Crippen LogP contribution < -0.4 is 11.1 Å². The summed E-state index contributed by atoms with van der Waals surface area (Å²) in [5.74, 6) is -0.503. The molecule has 6 nitrogen and oxygen atoms in total. The molecule has 2 heterocycles. The lowest BCUT2D eigenvalue weighted by atomic mass is 9.99. The molecule has 8 heteroatoms. The fourth-order valence-electron chi connectivity index (χ4n) is 3.45. The molecule has 0 unspecified atom stereocenters. The van der Waals surface area contributed by atoms with Gasteiger partial charge in [-0.15, -0.1) is 5.10 Å². The van der Waals surface area contributed by atoms with E-state index in [9.17, 15) is 9.18 Å². The van der Waals surface area contributed by atoms with Crippen LogP contribution in [0.5, 0.6) is 0 Å². The molecule has 0 saturated carbocycles. The van der Waals surface area contributed by atoms with E-state index in [1.807, 2.05) is 24.3 Å². The van der Waals surface area contributed by atoms with Crippen LogP contribution in [0.2, 0.25) is 5.02 Å². The molecule has 0 aliphatic rings. The van der Waals surface area contributed by atoms with Crippen LogP contribution in [0, 0.1) is 12.7 Å². The number of carbonyl (C=O) groups excluding carboxylic acids is 1. The van der Waals surface area contributed by atoms with E-state index >= 15 is 0 Å². The number of pyridine rings is 1. The highest BCUT2D eigenvalue weighted by Crippen LogP contribution is 2.27. The summed E-state index contributed by atoms with van der Waals surface area (Å²) in [5.41, 5.74) is 9.20. The van der Waals surface area contributed by atoms with Crippen LogP contribution in [0.1, 0.15) is 27.9 Å². The molecule has 0 aliphatic carbocycles. The third-order valence-electron chi connectivity index (χ3n) is 5.06. The second-order valence-corrected chi connectivity index (χ2v) is 7.76. The average molecular weight is 438 g/mol. The van der Waals surface area contributed by atoms with Crippen molar-refractivity contribution in [3.8, 4) is 11.1 Å². The number of nitrogen functional groups attached to an aromatic ring is 1. The average Bonchev–Trinajstić information content (AvgIpc) is 3.11. The Labute approximate surface area is 183 Å². The summed E-state index contributed by atoms with van der Waals surface area (Å²) >= 11 is 5.90. The van der Waals surface area contributed by atoms with Gasteiger partial charge in [-0.1, -0.05) is 23.7 Å². The van der Waals surface area contributed by atoms with E-state index in [0.29, 0.717) is 39.5 Å². The van der Waals surface area contributed by atoms with Crippen LogP contribution in [0.4, 0.5) is 10.3 Å². The Morgan fingerprint density at radius 3 is 2.74 bits per heavy atom. The summed E-state index contributed by atoms with van der Waals surface area (Å²) < 4.78 is 16.2. The number of aryl methyl sites for hydroxylation is 2. The lowest BCUT2D eigenvalue weighted by molar-refractivity contribution is 0.0952. The zero-order valence-electron chi connectivity index (χ0n) is 16.9. The first kappa shape index (κ1) is 20.8. The van der Waals surface area contributed by atoms with Gasteiger partial charge in [0.05, 0.1) is 0 Å². The second kappa shape index (κ2) is 8.73. The topological polar surface area (TPSA) is 85.3 Å². The number of fused-ring (bicyclic) bond motifs is 1. The van der Waals surface area contributed by atoms with Crippen molar-refractivity contribution in [1.82, 2.24) is 19.9 Å². The number of nitrogens with two attached hydrogens (primary N) is 1.